The molecular formula is C22H26FN3O. The molecule has 0 N–H and O–H groups in total. The molecule has 0 spiro atoms. The van der Waals surface area contributed by atoms with Gasteiger partial charge in [-0.25, -0.2) is 9.07 Å². The first-order chi connectivity index (χ1) is 13.2. The molecule has 5 rings (SSSR count). The predicted octanol–water partition coefficient (Wildman–Crippen LogP) is 4.29. The van der Waals surface area contributed by atoms with Crippen molar-refractivity contribution in [1.82, 2.24) is 14.7 Å². The highest BCUT2D eigenvalue weighted by atomic mass is 19.1. The minimum atomic E-state index is -0.254. The van der Waals surface area contributed by atoms with Crippen LogP contribution in [0, 0.1) is 11.7 Å². The zero-order valence-corrected chi connectivity index (χ0v) is 15.7. The lowest BCUT2D eigenvalue weighted by Crippen LogP contribution is -2.49. The van der Waals surface area contributed by atoms with Crippen LogP contribution >= 0.6 is 0 Å². The highest BCUT2D eigenvalue weighted by molar-refractivity contribution is 5.94. The average Bonchev–Trinajstić information content (AvgIpc) is 3.31. The number of hydrogen-bond acceptors (Lipinski definition) is 2. The van der Waals surface area contributed by atoms with Gasteiger partial charge in [0.05, 0.1) is 5.69 Å². The summed E-state index contributed by atoms with van der Waals surface area (Å²) in [5.41, 5.74) is 3.71. The summed E-state index contributed by atoms with van der Waals surface area (Å²) in [6.07, 6.45) is 10.2. The fourth-order valence-electron chi connectivity index (χ4n) is 5.42. The van der Waals surface area contributed by atoms with Crippen molar-refractivity contribution in [2.24, 2.45) is 5.92 Å². The van der Waals surface area contributed by atoms with Crippen LogP contribution in [0.1, 0.15) is 66.7 Å². The third-order valence-corrected chi connectivity index (χ3v) is 6.71. The molecule has 2 fully saturated rings. The van der Waals surface area contributed by atoms with Crippen molar-refractivity contribution >= 4 is 5.91 Å². The number of carbonyl (C=O) groups is 1. The van der Waals surface area contributed by atoms with E-state index in [2.05, 4.69) is 4.90 Å². The zero-order valence-electron chi connectivity index (χ0n) is 15.7. The molecule has 1 saturated heterocycles. The Morgan fingerprint density at radius 2 is 1.78 bits per heavy atom. The van der Waals surface area contributed by atoms with Crippen LogP contribution in [0.3, 0.4) is 0 Å². The molecule has 0 bridgehead atoms. The Morgan fingerprint density at radius 3 is 2.63 bits per heavy atom. The molecule has 2 atom stereocenters. The van der Waals surface area contributed by atoms with Crippen molar-refractivity contribution in [1.29, 1.82) is 0 Å². The lowest BCUT2D eigenvalue weighted by Gasteiger charge is -2.44. The Bertz CT molecular complexity index is 855. The Kier molecular flexibility index (Phi) is 4.25. The number of halogens is 1. The van der Waals surface area contributed by atoms with E-state index in [1.54, 1.807) is 12.1 Å². The summed E-state index contributed by atoms with van der Waals surface area (Å²) in [6.45, 7) is 0.859. The topological polar surface area (TPSA) is 38.1 Å². The molecule has 1 aromatic heterocycles. The smallest absolute Gasteiger partial charge is 0.274 e. The number of amides is 1. The largest absolute Gasteiger partial charge is 0.334 e. The van der Waals surface area contributed by atoms with Gasteiger partial charge in [0.1, 0.15) is 5.82 Å². The first kappa shape index (κ1) is 17.0. The van der Waals surface area contributed by atoms with Crippen LogP contribution in [0.5, 0.6) is 0 Å². The standard InChI is InChI=1S/C22H26FN3O/c23-16-10-12-17(13-11-16)26-20-9-3-7-18(20)21(24-26)22(27)25-14-4-6-15-5-1-2-8-19(15)25/h10-13,15,19H,1-9,14H2. The monoisotopic (exact) mass is 367 g/mol. The van der Waals surface area contributed by atoms with E-state index in [0.717, 1.165) is 55.6 Å². The van der Waals surface area contributed by atoms with E-state index in [1.807, 2.05) is 4.68 Å². The number of carbonyl (C=O) groups excluding carboxylic acids is 1. The Morgan fingerprint density at radius 1 is 1.00 bits per heavy atom. The first-order valence-corrected chi connectivity index (χ1v) is 10.4. The summed E-state index contributed by atoms with van der Waals surface area (Å²) in [4.78, 5) is 15.6. The van der Waals surface area contributed by atoms with Crippen LogP contribution in [0.25, 0.3) is 5.69 Å². The van der Waals surface area contributed by atoms with Gasteiger partial charge >= 0.3 is 0 Å². The van der Waals surface area contributed by atoms with Gasteiger partial charge in [-0.15, -0.1) is 0 Å². The molecule has 1 amide bonds. The lowest BCUT2D eigenvalue weighted by atomic mass is 9.78. The van der Waals surface area contributed by atoms with Gasteiger partial charge in [-0.1, -0.05) is 12.8 Å². The van der Waals surface area contributed by atoms with Crippen LogP contribution in [0.2, 0.25) is 0 Å². The van der Waals surface area contributed by atoms with Crippen LogP contribution in [-0.4, -0.2) is 33.2 Å². The predicted molar refractivity (Wildman–Crippen MR) is 102 cm³/mol. The van der Waals surface area contributed by atoms with Gasteiger partial charge in [0.25, 0.3) is 5.91 Å². The highest BCUT2D eigenvalue weighted by Crippen LogP contribution is 2.37. The fraction of sp³-hybridized carbons (Fsp3) is 0.545. The maximum atomic E-state index is 13.5. The van der Waals surface area contributed by atoms with E-state index in [1.165, 1.54) is 37.8 Å². The van der Waals surface area contributed by atoms with Gasteiger partial charge in [0, 0.05) is 23.8 Å². The van der Waals surface area contributed by atoms with E-state index >= 15 is 0 Å². The summed E-state index contributed by atoms with van der Waals surface area (Å²) in [5.74, 6) is 0.532. The maximum absolute atomic E-state index is 13.5. The summed E-state index contributed by atoms with van der Waals surface area (Å²) >= 11 is 0. The number of aromatic nitrogens is 2. The number of rotatable bonds is 2. The van der Waals surface area contributed by atoms with Gasteiger partial charge in [0.15, 0.2) is 5.69 Å². The van der Waals surface area contributed by atoms with Crippen molar-refractivity contribution in [2.75, 3.05) is 6.54 Å². The molecule has 1 aliphatic heterocycles. The Hall–Kier alpha value is -2.17. The molecule has 27 heavy (non-hydrogen) atoms. The third kappa shape index (κ3) is 2.88. The van der Waals surface area contributed by atoms with Crippen LogP contribution in [0.4, 0.5) is 4.39 Å². The second-order valence-electron chi connectivity index (χ2n) is 8.27. The fourth-order valence-corrected chi connectivity index (χ4v) is 5.42. The number of fused-ring (bicyclic) bond motifs is 2. The van der Waals surface area contributed by atoms with Gasteiger partial charge in [-0.3, -0.25) is 4.79 Å². The number of nitrogens with zero attached hydrogens (tertiary/aromatic N) is 3. The molecule has 2 heterocycles. The summed E-state index contributed by atoms with van der Waals surface area (Å²) in [5, 5.41) is 4.75. The lowest BCUT2D eigenvalue weighted by molar-refractivity contribution is 0.0384. The van der Waals surface area contributed by atoms with Gasteiger partial charge in [0.2, 0.25) is 0 Å². The maximum Gasteiger partial charge on any atom is 0.274 e. The van der Waals surface area contributed by atoms with Gasteiger partial charge in [-0.05, 0) is 75.1 Å². The van der Waals surface area contributed by atoms with Gasteiger partial charge in [-0.2, -0.15) is 5.10 Å². The second-order valence-corrected chi connectivity index (χ2v) is 8.27. The summed E-state index contributed by atoms with van der Waals surface area (Å²) in [7, 11) is 0. The number of piperidine rings is 1. The molecule has 4 nitrogen and oxygen atoms in total. The molecule has 5 heteroatoms. The normalized spacial score (nSPS) is 24.6. The Labute approximate surface area is 159 Å². The molecule has 1 saturated carbocycles. The van der Waals surface area contributed by atoms with Crippen molar-refractivity contribution in [2.45, 2.75) is 63.8 Å². The molecule has 2 aliphatic carbocycles. The highest BCUT2D eigenvalue weighted by Gasteiger charge is 2.38. The van der Waals surface area contributed by atoms with E-state index in [9.17, 15) is 9.18 Å². The number of hydrogen-bond donors (Lipinski definition) is 0. The van der Waals surface area contributed by atoms with E-state index in [4.69, 9.17) is 5.10 Å². The van der Waals surface area contributed by atoms with Crippen molar-refractivity contribution in [3.8, 4) is 5.69 Å². The second kappa shape index (κ2) is 6.77. The Balaban J connectivity index is 1.50. The molecule has 1 aromatic carbocycles. The quantitative estimate of drug-likeness (QED) is 0.794. The van der Waals surface area contributed by atoms with E-state index in [0.29, 0.717) is 17.7 Å². The minimum Gasteiger partial charge on any atom is -0.334 e. The molecular weight excluding hydrogens is 341 g/mol. The van der Waals surface area contributed by atoms with Crippen molar-refractivity contribution in [3.63, 3.8) is 0 Å². The van der Waals surface area contributed by atoms with Crippen molar-refractivity contribution in [3.05, 3.63) is 47.0 Å². The van der Waals surface area contributed by atoms with Crippen molar-refractivity contribution < 1.29 is 9.18 Å². The molecule has 0 radical (unpaired) electrons. The average molecular weight is 367 g/mol. The molecule has 142 valence electrons. The number of likely N-dealkylation sites (tertiary alicyclic amines) is 1. The SMILES string of the molecule is O=C(c1nn(-c2ccc(F)cc2)c2c1CCC2)N1CCCC2CCCCC21. The molecule has 3 aliphatic rings. The third-order valence-electron chi connectivity index (χ3n) is 6.71. The van der Waals surface area contributed by atoms with Crippen LogP contribution in [-0.2, 0) is 12.8 Å². The van der Waals surface area contributed by atoms with Crippen LogP contribution in [0.15, 0.2) is 24.3 Å². The van der Waals surface area contributed by atoms with Crippen LogP contribution < -0.4 is 0 Å². The number of benzene rings is 1. The molecule has 2 unspecified atom stereocenters. The van der Waals surface area contributed by atoms with E-state index < -0.39 is 0 Å². The molecule has 2 aromatic rings. The zero-order chi connectivity index (χ0) is 18.4. The van der Waals surface area contributed by atoms with E-state index in [-0.39, 0.29) is 11.7 Å². The minimum absolute atomic E-state index is 0.116. The summed E-state index contributed by atoms with van der Waals surface area (Å²) in [6, 6.07) is 6.79. The summed E-state index contributed by atoms with van der Waals surface area (Å²) < 4.78 is 15.2. The first-order valence-electron chi connectivity index (χ1n) is 10.4. The van der Waals surface area contributed by atoms with Gasteiger partial charge < -0.3 is 4.90 Å².